The molecule has 3 amide bonds. The van der Waals surface area contributed by atoms with Crippen LogP contribution in [0.4, 0.5) is 17.1 Å². The largest absolute Gasteiger partial charge is 0.399 e. The molecular formula is C16H14ClN3O3. The molecule has 0 spiro atoms. The van der Waals surface area contributed by atoms with Crippen LogP contribution in [0.2, 0.25) is 5.02 Å². The van der Waals surface area contributed by atoms with Crippen molar-refractivity contribution < 1.29 is 14.4 Å². The predicted octanol–water partition coefficient (Wildman–Crippen LogP) is 2.44. The van der Waals surface area contributed by atoms with E-state index >= 15 is 0 Å². The Labute approximate surface area is 137 Å². The average molecular weight is 332 g/mol. The van der Waals surface area contributed by atoms with Crippen LogP contribution in [0.15, 0.2) is 48.5 Å². The minimum atomic E-state index is -1.01. The van der Waals surface area contributed by atoms with E-state index < -0.39 is 17.7 Å². The van der Waals surface area contributed by atoms with Gasteiger partial charge in [-0.05, 0) is 36.4 Å². The molecule has 2 aromatic rings. The monoisotopic (exact) mass is 331 g/mol. The highest BCUT2D eigenvalue weighted by molar-refractivity contribution is 6.49. The van der Waals surface area contributed by atoms with Gasteiger partial charge < -0.3 is 11.1 Å². The molecule has 0 atom stereocenters. The van der Waals surface area contributed by atoms with Gasteiger partial charge in [-0.15, -0.1) is 0 Å². The number of nitrogens with two attached hydrogens (primary N) is 1. The zero-order valence-electron chi connectivity index (χ0n) is 12.2. The third kappa shape index (κ3) is 3.87. The molecule has 0 saturated heterocycles. The third-order valence-electron chi connectivity index (χ3n) is 2.99. The number of benzene rings is 2. The fourth-order valence-electron chi connectivity index (χ4n) is 1.91. The molecule has 0 aliphatic carbocycles. The summed E-state index contributed by atoms with van der Waals surface area (Å²) >= 11 is 5.93. The fourth-order valence-corrected chi connectivity index (χ4v) is 2.09. The standard InChI is InChI=1S/C16H14ClN3O3/c1-10(21)20(12-8-6-11(18)7-9-12)16(23)15(22)19-14-5-3-2-4-13(14)17/h2-9H,18H2,1H3,(H,19,22). The van der Waals surface area contributed by atoms with Gasteiger partial charge in [0.15, 0.2) is 0 Å². The molecule has 0 aliphatic heterocycles. The summed E-state index contributed by atoms with van der Waals surface area (Å²) in [6, 6.07) is 12.5. The van der Waals surface area contributed by atoms with Crippen LogP contribution in [0.5, 0.6) is 0 Å². The van der Waals surface area contributed by atoms with Crippen molar-refractivity contribution in [2.75, 3.05) is 16.0 Å². The van der Waals surface area contributed by atoms with E-state index in [1.807, 2.05) is 0 Å². The van der Waals surface area contributed by atoms with Crippen LogP contribution in [0.25, 0.3) is 0 Å². The van der Waals surface area contributed by atoms with Crippen molar-refractivity contribution in [1.29, 1.82) is 0 Å². The number of nitrogens with zero attached hydrogens (tertiary/aromatic N) is 1. The molecule has 0 unspecified atom stereocenters. The Balaban J connectivity index is 2.24. The van der Waals surface area contributed by atoms with Crippen molar-refractivity contribution in [2.24, 2.45) is 0 Å². The number of carbonyl (C=O) groups is 3. The molecule has 118 valence electrons. The number of hydrogen-bond donors (Lipinski definition) is 2. The summed E-state index contributed by atoms with van der Waals surface area (Å²) in [5.74, 6) is -2.57. The molecule has 0 heterocycles. The first-order valence-corrected chi connectivity index (χ1v) is 7.04. The number of nitrogen functional groups attached to an aromatic ring is 1. The number of halogens is 1. The molecule has 0 aromatic heterocycles. The van der Waals surface area contributed by atoms with Gasteiger partial charge in [-0.3, -0.25) is 14.4 Å². The van der Waals surface area contributed by atoms with Gasteiger partial charge >= 0.3 is 11.8 Å². The molecule has 0 saturated carbocycles. The maximum absolute atomic E-state index is 12.3. The zero-order chi connectivity index (χ0) is 17.0. The number of nitrogens with one attached hydrogen (secondary N) is 1. The third-order valence-corrected chi connectivity index (χ3v) is 3.32. The Morgan fingerprint density at radius 3 is 2.22 bits per heavy atom. The van der Waals surface area contributed by atoms with Crippen LogP contribution in [0, 0.1) is 0 Å². The number of amides is 3. The normalized spacial score (nSPS) is 10.0. The molecule has 7 heteroatoms. The van der Waals surface area contributed by atoms with E-state index in [4.69, 9.17) is 17.3 Å². The highest BCUT2D eigenvalue weighted by Gasteiger charge is 2.27. The van der Waals surface area contributed by atoms with Crippen molar-refractivity contribution in [1.82, 2.24) is 0 Å². The van der Waals surface area contributed by atoms with Gasteiger partial charge in [0.1, 0.15) is 0 Å². The van der Waals surface area contributed by atoms with Crippen molar-refractivity contribution in [3.63, 3.8) is 0 Å². The van der Waals surface area contributed by atoms with Crippen LogP contribution in [-0.2, 0) is 14.4 Å². The van der Waals surface area contributed by atoms with E-state index in [0.29, 0.717) is 5.69 Å². The summed E-state index contributed by atoms with van der Waals surface area (Å²) in [6.45, 7) is 1.19. The Bertz CT molecular complexity index is 759. The highest BCUT2D eigenvalue weighted by Crippen LogP contribution is 2.21. The molecule has 0 aliphatic rings. The molecular weight excluding hydrogens is 318 g/mol. The molecule has 3 N–H and O–H groups in total. The molecule has 0 fully saturated rings. The summed E-state index contributed by atoms with van der Waals surface area (Å²) in [4.78, 5) is 36.9. The highest BCUT2D eigenvalue weighted by atomic mass is 35.5. The van der Waals surface area contributed by atoms with Gasteiger partial charge in [0.25, 0.3) is 0 Å². The van der Waals surface area contributed by atoms with Crippen LogP contribution in [0.3, 0.4) is 0 Å². The lowest BCUT2D eigenvalue weighted by molar-refractivity contribution is -0.136. The summed E-state index contributed by atoms with van der Waals surface area (Å²) in [6.07, 6.45) is 0. The van der Waals surface area contributed by atoms with E-state index in [2.05, 4.69) is 5.32 Å². The van der Waals surface area contributed by atoms with E-state index in [0.717, 1.165) is 4.90 Å². The molecule has 0 bridgehead atoms. The Morgan fingerprint density at radius 1 is 1.04 bits per heavy atom. The smallest absolute Gasteiger partial charge is 0.323 e. The summed E-state index contributed by atoms with van der Waals surface area (Å²) in [5.41, 5.74) is 6.59. The van der Waals surface area contributed by atoms with Gasteiger partial charge in [0.2, 0.25) is 5.91 Å². The van der Waals surface area contributed by atoms with Crippen LogP contribution in [0.1, 0.15) is 6.92 Å². The number of hydrogen-bond acceptors (Lipinski definition) is 4. The van der Waals surface area contributed by atoms with Gasteiger partial charge in [-0.1, -0.05) is 23.7 Å². The summed E-state index contributed by atoms with van der Waals surface area (Å²) < 4.78 is 0. The Hall–Kier alpha value is -2.86. The number of para-hydroxylation sites is 1. The number of carbonyl (C=O) groups excluding carboxylic acids is 3. The molecule has 23 heavy (non-hydrogen) atoms. The Kier molecular flexibility index (Phi) is 4.98. The minimum absolute atomic E-state index is 0.256. The first-order chi connectivity index (χ1) is 10.9. The average Bonchev–Trinajstić information content (AvgIpc) is 2.51. The van der Waals surface area contributed by atoms with E-state index in [-0.39, 0.29) is 16.4 Å². The minimum Gasteiger partial charge on any atom is -0.399 e. The van der Waals surface area contributed by atoms with E-state index in [1.54, 1.807) is 24.3 Å². The van der Waals surface area contributed by atoms with Gasteiger partial charge in [-0.25, -0.2) is 4.90 Å². The van der Waals surface area contributed by atoms with Crippen LogP contribution >= 0.6 is 11.6 Å². The summed E-state index contributed by atoms with van der Waals surface area (Å²) in [7, 11) is 0. The second-order valence-electron chi connectivity index (χ2n) is 4.69. The van der Waals surface area contributed by atoms with Gasteiger partial charge in [0, 0.05) is 12.6 Å². The summed E-state index contributed by atoms with van der Waals surface area (Å²) in [5, 5.41) is 2.67. The van der Waals surface area contributed by atoms with Crippen LogP contribution in [-0.4, -0.2) is 17.7 Å². The van der Waals surface area contributed by atoms with Crippen molar-refractivity contribution in [3.05, 3.63) is 53.6 Å². The number of anilines is 3. The molecule has 6 nitrogen and oxygen atoms in total. The van der Waals surface area contributed by atoms with E-state index in [9.17, 15) is 14.4 Å². The number of rotatable bonds is 2. The second kappa shape index (κ2) is 6.93. The first kappa shape index (κ1) is 16.5. The van der Waals surface area contributed by atoms with E-state index in [1.165, 1.54) is 31.2 Å². The molecule has 2 rings (SSSR count). The van der Waals surface area contributed by atoms with Gasteiger partial charge in [0.05, 0.1) is 16.4 Å². The fraction of sp³-hybridized carbons (Fsp3) is 0.0625. The van der Waals surface area contributed by atoms with Crippen molar-refractivity contribution >= 4 is 46.4 Å². The number of imide groups is 1. The quantitative estimate of drug-likeness (QED) is 0.653. The van der Waals surface area contributed by atoms with Gasteiger partial charge in [-0.2, -0.15) is 0 Å². The lowest BCUT2D eigenvalue weighted by Gasteiger charge is -2.19. The Morgan fingerprint density at radius 2 is 1.65 bits per heavy atom. The lowest BCUT2D eigenvalue weighted by Crippen LogP contribution is -2.42. The van der Waals surface area contributed by atoms with Crippen molar-refractivity contribution in [3.8, 4) is 0 Å². The first-order valence-electron chi connectivity index (χ1n) is 6.66. The van der Waals surface area contributed by atoms with Crippen LogP contribution < -0.4 is 16.0 Å². The molecule has 2 aromatic carbocycles. The second-order valence-corrected chi connectivity index (χ2v) is 5.09. The van der Waals surface area contributed by atoms with Crippen molar-refractivity contribution in [2.45, 2.75) is 6.92 Å². The lowest BCUT2D eigenvalue weighted by atomic mass is 10.2. The topological polar surface area (TPSA) is 92.5 Å². The maximum Gasteiger partial charge on any atom is 0.323 e. The maximum atomic E-state index is 12.3. The zero-order valence-corrected chi connectivity index (χ0v) is 13.0. The molecule has 0 radical (unpaired) electrons. The predicted molar refractivity (Wildman–Crippen MR) is 89.1 cm³/mol. The SMILES string of the molecule is CC(=O)N(C(=O)C(=O)Nc1ccccc1Cl)c1ccc(N)cc1.